The molecule has 0 spiro atoms. The number of aliphatic hydroxyl groups excluding tert-OH is 1. The van der Waals surface area contributed by atoms with Crippen LogP contribution in [0.2, 0.25) is 0 Å². The highest BCUT2D eigenvalue weighted by molar-refractivity contribution is 6.09. The molecule has 7 nitrogen and oxygen atoms in total. The number of benzene rings is 1. The first-order chi connectivity index (χ1) is 9.60. The molecule has 0 aliphatic carbocycles. The second-order valence-electron chi connectivity index (χ2n) is 3.58. The van der Waals surface area contributed by atoms with Crippen molar-refractivity contribution in [3.63, 3.8) is 0 Å². The van der Waals surface area contributed by atoms with E-state index < -0.39 is 18.0 Å². The van der Waals surface area contributed by atoms with Crippen LogP contribution in [-0.4, -0.2) is 42.9 Å². The molecular formula is C13H15NO6. The number of rotatable bonds is 5. The SMILES string of the molecule is CCOC(=O)NC(=O)c1ccccc1C(=O)OCCO. The summed E-state index contributed by atoms with van der Waals surface area (Å²) in [7, 11) is 0. The minimum absolute atomic E-state index is 0.00254. The molecule has 2 N–H and O–H groups in total. The van der Waals surface area contributed by atoms with Crippen LogP contribution in [0.5, 0.6) is 0 Å². The largest absolute Gasteiger partial charge is 0.460 e. The van der Waals surface area contributed by atoms with Crippen LogP contribution in [0.3, 0.4) is 0 Å². The van der Waals surface area contributed by atoms with Gasteiger partial charge in [0.25, 0.3) is 5.91 Å². The van der Waals surface area contributed by atoms with Crippen molar-refractivity contribution in [3.8, 4) is 0 Å². The van der Waals surface area contributed by atoms with Crippen LogP contribution in [0.25, 0.3) is 0 Å². The zero-order valence-electron chi connectivity index (χ0n) is 10.9. The lowest BCUT2D eigenvalue weighted by molar-refractivity contribution is 0.0430. The van der Waals surface area contributed by atoms with Crippen LogP contribution in [0.15, 0.2) is 24.3 Å². The van der Waals surface area contributed by atoms with Gasteiger partial charge in [0.05, 0.1) is 24.3 Å². The molecule has 0 aromatic heterocycles. The second-order valence-corrected chi connectivity index (χ2v) is 3.58. The second kappa shape index (κ2) is 7.90. The van der Waals surface area contributed by atoms with Gasteiger partial charge in [-0.3, -0.25) is 10.1 Å². The topological polar surface area (TPSA) is 102 Å². The fourth-order valence-electron chi connectivity index (χ4n) is 1.40. The Morgan fingerprint density at radius 2 is 1.80 bits per heavy atom. The van der Waals surface area contributed by atoms with Gasteiger partial charge < -0.3 is 14.6 Å². The van der Waals surface area contributed by atoms with Crippen molar-refractivity contribution in [2.45, 2.75) is 6.92 Å². The number of imide groups is 1. The quantitative estimate of drug-likeness (QED) is 0.771. The zero-order valence-corrected chi connectivity index (χ0v) is 10.9. The van der Waals surface area contributed by atoms with Crippen molar-refractivity contribution in [1.82, 2.24) is 5.32 Å². The molecule has 7 heteroatoms. The van der Waals surface area contributed by atoms with Crippen molar-refractivity contribution in [2.75, 3.05) is 19.8 Å². The van der Waals surface area contributed by atoms with Crippen molar-refractivity contribution >= 4 is 18.0 Å². The van der Waals surface area contributed by atoms with Gasteiger partial charge >= 0.3 is 12.1 Å². The molecule has 0 aliphatic rings. The monoisotopic (exact) mass is 281 g/mol. The first-order valence-electron chi connectivity index (χ1n) is 5.95. The van der Waals surface area contributed by atoms with E-state index in [1.54, 1.807) is 19.1 Å². The number of alkyl carbamates (subject to hydrolysis) is 1. The van der Waals surface area contributed by atoms with Gasteiger partial charge in [0.1, 0.15) is 6.61 Å². The molecule has 20 heavy (non-hydrogen) atoms. The number of nitrogens with one attached hydrogen (secondary N) is 1. The van der Waals surface area contributed by atoms with E-state index in [1.165, 1.54) is 12.1 Å². The summed E-state index contributed by atoms with van der Waals surface area (Å²) < 4.78 is 9.31. The van der Waals surface area contributed by atoms with E-state index in [0.717, 1.165) is 0 Å². The number of carbonyl (C=O) groups excluding carboxylic acids is 3. The molecule has 0 saturated carbocycles. The molecule has 1 aromatic rings. The summed E-state index contributed by atoms with van der Waals surface area (Å²) in [5, 5.41) is 10.6. The molecule has 108 valence electrons. The van der Waals surface area contributed by atoms with Gasteiger partial charge in [0, 0.05) is 0 Å². The van der Waals surface area contributed by atoms with E-state index in [9.17, 15) is 14.4 Å². The Balaban J connectivity index is 2.86. The van der Waals surface area contributed by atoms with Crippen LogP contribution in [0, 0.1) is 0 Å². The van der Waals surface area contributed by atoms with E-state index >= 15 is 0 Å². The number of aliphatic hydroxyl groups is 1. The van der Waals surface area contributed by atoms with Gasteiger partial charge in [-0.25, -0.2) is 9.59 Å². The fraction of sp³-hybridized carbons (Fsp3) is 0.308. The third-order valence-corrected chi connectivity index (χ3v) is 2.21. The maximum absolute atomic E-state index is 11.9. The molecule has 0 unspecified atom stereocenters. The number of hydrogen-bond donors (Lipinski definition) is 2. The Morgan fingerprint density at radius 1 is 1.15 bits per heavy atom. The van der Waals surface area contributed by atoms with Crippen LogP contribution >= 0.6 is 0 Å². The van der Waals surface area contributed by atoms with Crippen molar-refractivity contribution < 1.29 is 29.0 Å². The van der Waals surface area contributed by atoms with Gasteiger partial charge in [-0.1, -0.05) is 12.1 Å². The van der Waals surface area contributed by atoms with Gasteiger partial charge in [-0.05, 0) is 19.1 Å². The number of amides is 2. The molecule has 0 aliphatic heterocycles. The number of carbonyl (C=O) groups is 3. The number of hydrogen-bond acceptors (Lipinski definition) is 6. The van der Waals surface area contributed by atoms with Crippen LogP contribution in [-0.2, 0) is 9.47 Å². The zero-order chi connectivity index (χ0) is 15.0. The Morgan fingerprint density at radius 3 is 2.40 bits per heavy atom. The van der Waals surface area contributed by atoms with E-state index in [4.69, 9.17) is 9.84 Å². The van der Waals surface area contributed by atoms with Crippen molar-refractivity contribution in [2.24, 2.45) is 0 Å². The minimum atomic E-state index is -0.893. The third-order valence-electron chi connectivity index (χ3n) is 2.21. The molecular weight excluding hydrogens is 266 g/mol. The Kier molecular flexibility index (Phi) is 6.18. The molecule has 0 radical (unpaired) electrons. The molecule has 0 heterocycles. The average molecular weight is 281 g/mol. The van der Waals surface area contributed by atoms with Gasteiger partial charge in [-0.15, -0.1) is 0 Å². The first-order valence-corrected chi connectivity index (χ1v) is 5.95. The Bertz CT molecular complexity index is 499. The van der Waals surface area contributed by atoms with Crippen LogP contribution < -0.4 is 5.32 Å². The lowest BCUT2D eigenvalue weighted by Gasteiger charge is -2.09. The summed E-state index contributed by atoms with van der Waals surface area (Å²) in [5.74, 6) is -1.52. The minimum Gasteiger partial charge on any atom is -0.460 e. The molecule has 1 aromatic carbocycles. The molecule has 0 bridgehead atoms. The summed E-state index contributed by atoms with van der Waals surface area (Å²) in [6.07, 6.45) is -0.893. The maximum Gasteiger partial charge on any atom is 0.414 e. The lowest BCUT2D eigenvalue weighted by atomic mass is 10.1. The van der Waals surface area contributed by atoms with Crippen LogP contribution in [0.4, 0.5) is 4.79 Å². The normalized spacial score (nSPS) is 9.70. The Labute approximate surface area is 115 Å². The van der Waals surface area contributed by atoms with E-state index in [-0.39, 0.29) is 30.9 Å². The van der Waals surface area contributed by atoms with Crippen LogP contribution in [0.1, 0.15) is 27.6 Å². The van der Waals surface area contributed by atoms with Gasteiger partial charge in [0.2, 0.25) is 0 Å². The van der Waals surface area contributed by atoms with E-state index in [2.05, 4.69) is 4.74 Å². The molecule has 0 atom stereocenters. The lowest BCUT2D eigenvalue weighted by Crippen LogP contribution is -2.32. The summed E-state index contributed by atoms with van der Waals surface area (Å²) in [6.45, 7) is 1.24. The standard InChI is InChI=1S/C13H15NO6/c1-2-19-13(18)14-11(16)9-5-3-4-6-10(9)12(17)20-8-7-15/h3-6,15H,2,7-8H2,1H3,(H,14,16,18). The maximum atomic E-state index is 11.9. The van der Waals surface area contributed by atoms with E-state index in [0.29, 0.717) is 0 Å². The molecule has 0 saturated heterocycles. The highest BCUT2D eigenvalue weighted by Gasteiger charge is 2.19. The molecule has 0 fully saturated rings. The summed E-state index contributed by atoms with van der Waals surface area (Å²) in [5.41, 5.74) is -0.00811. The van der Waals surface area contributed by atoms with Crippen molar-refractivity contribution in [1.29, 1.82) is 0 Å². The molecule has 2 amide bonds. The van der Waals surface area contributed by atoms with E-state index in [1.807, 2.05) is 5.32 Å². The fourth-order valence-corrected chi connectivity index (χ4v) is 1.40. The third kappa shape index (κ3) is 4.36. The average Bonchev–Trinajstić information content (AvgIpc) is 2.44. The summed E-state index contributed by atoms with van der Waals surface area (Å²) in [4.78, 5) is 34.7. The summed E-state index contributed by atoms with van der Waals surface area (Å²) >= 11 is 0. The number of ether oxygens (including phenoxy) is 2. The predicted molar refractivity (Wildman–Crippen MR) is 68.3 cm³/mol. The highest BCUT2D eigenvalue weighted by Crippen LogP contribution is 2.10. The Hall–Kier alpha value is -2.41. The van der Waals surface area contributed by atoms with Crippen molar-refractivity contribution in [3.05, 3.63) is 35.4 Å². The highest BCUT2D eigenvalue weighted by atomic mass is 16.5. The first kappa shape index (κ1) is 15.6. The smallest absolute Gasteiger partial charge is 0.414 e. The summed E-state index contributed by atoms with van der Waals surface area (Å²) in [6, 6.07) is 5.86. The predicted octanol–water partition coefficient (Wildman–Crippen LogP) is 0.722. The molecule has 1 rings (SSSR count). The number of esters is 1. The van der Waals surface area contributed by atoms with Gasteiger partial charge in [0.15, 0.2) is 0 Å². The van der Waals surface area contributed by atoms with Gasteiger partial charge in [-0.2, -0.15) is 0 Å².